The first-order chi connectivity index (χ1) is 15.7. The van der Waals surface area contributed by atoms with Gasteiger partial charge in [0, 0.05) is 0 Å². The Hall–Kier alpha value is 0.708. The maximum atomic E-state index is 7.38. The van der Waals surface area contributed by atoms with E-state index in [1.54, 1.807) is 0 Å². The summed E-state index contributed by atoms with van der Waals surface area (Å²) in [7, 11) is -6.90. The van der Waals surface area contributed by atoms with E-state index in [-0.39, 0.29) is 17.8 Å². The molecule has 0 radical (unpaired) electrons. The zero-order valence-corrected chi connectivity index (χ0v) is 28.4. The van der Waals surface area contributed by atoms with E-state index in [1.165, 1.54) is 68.0 Å². The summed E-state index contributed by atoms with van der Waals surface area (Å²) >= 11 is 0. The molecule has 8 heteroatoms. The van der Waals surface area contributed by atoms with Crippen LogP contribution in [-0.4, -0.2) is 57.4 Å². The van der Waals surface area contributed by atoms with E-state index >= 15 is 0 Å². The quantitative estimate of drug-likeness (QED) is 0.356. The molecule has 2 atom stereocenters. The Labute approximate surface area is 216 Å². The van der Waals surface area contributed by atoms with Crippen LogP contribution in [0.25, 0.3) is 0 Å². The summed E-state index contributed by atoms with van der Waals surface area (Å²) < 4.78 is 21.7. The first-order valence-corrected chi connectivity index (χ1v) is 26.7. The number of rotatable bonds is 5. The third-order valence-electron chi connectivity index (χ3n) is 8.81. The van der Waals surface area contributed by atoms with Crippen molar-refractivity contribution in [3.63, 3.8) is 0 Å². The lowest BCUT2D eigenvalue weighted by molar-refractivity contribution is -0.111. The van der Waals surface area contributed by atoms with Gasteiger partial charge in [0.1, 0.15) is 5.60 Å². The van der Waals surface area contributed by atoms with Gasteiger partial charge in [0.2, 0.25) is 0 Å². The van der Waals surface area contributed by atoms with Crippen molar-refractivity contribution in [2.75, 3.05) is 6.54 Å². The van der Waals surface area contributed by atoms with Crippen LogP contribution in [0.2, 0.25) is 81.6 Å². The molecule has 34 heavy (non-hydrogen) atoms. The highest BCUT2D eigenvalue weighted by atomic mass is 28.4. The molecule has 0 aromatic rings. The third kappa shape index (κ3) is 8.64. The molecule has 2 rings (SSSR count). The minimum Gasteiger partial charge on any atom is -0.411 e. The summed E-state index contributed by atoms with van der Waals surface area (Å²) in [6.45, 7) is 22.5. The van der Waals surface area contributed by atoms with Crippen molar-refractivity contribution in [1.82, 2.24) is 0 Å². The van der Waals surface area contributed by atoms with Gasteiger partial charge in [0.05, 0.1) is 20.3 Å². The van der Waals surface area contributed by atoms with E-state index in [9.17, 15) is 0 Å². The van der Waals surface area contributed by atoms with E-state index < -0.39 is 33.0 Å². The van der Waals surface area contributed by atoms with Gasteiger partial charge in [0.15, 0.2) is 25.0 Å². The Morgan fingerprint density at radius 1 is 0.706 bits per heavy atom. The van der Waals surface area contributed by atoms with Crippen molar-refractivity contribution in [1.29, 1.82) is 0 Å². The van der Waals surface area contributed by atoms with E-state index in [4.69, 9.17) is 19.0 Å². The maximum absolute atomic E-state index is 7.38. The van der Waals surface area contributed by atoms with Gasteiger partial charge < -0.3 is 19.0 Å². The minimum atomic E-state index is -1.89. The fraction of sp³-hybridized carbons (Fsp3) is 1.00. The van der Waals surface area contributed by atoms with Crippen LogP contribution in [0.5, 0.6) is 0 Å². The molecule has 0 amide bonds. The Kier molecular flexibility index (Phi) is 11.4. The van der Waals surface area contributed by atoms with E-state index in [2.05, 4.69) is 60.1 Å². The molecule has 2 unspecified atom stereocenters. The lowest BCUT2D eigenvalue weighted by Crippen LogP contribution is -2.61. The lowest BCUT2D eigenvalue weighted by atomic mass is 9.89. The third-order valence-corrected chi connectivity index (χ3v) is 22.0. The highest BCUT2D eigenvalue weighted by Crippen LogP contribution is 2.42. The second-order valence-electron chi connectivity index (χ2n) is 13.5. The molecular formula is C26H59NO3Si4. The molecule has 202 valence electrons. The van der Waals surface area contributed by atoms with Crippen LogP contribution < -0.4 is 5.73 Å². The van der Waals surface area contributed by atoms with Gasteiger partial charge in [0.25, 0.3) is 0 Å². The molecule has 2 saturated heterocycles. The predicted molar refractivity (Wildman–Crippen MR) is 159 cm³/mol. The fourth-order valence-corrected chi connectivity index (χ4v) is 20.5. The van der Waals surface area contributed by atoms with Gasteiger partial charge in [-0.2, -0.15) is 0 Å². The molecule has 4 nitrogen and oxygen atoms in total. The van der Waals surface area contributed by atoms with Crippen LogP contribution in [0.4, 0.5) is 0 Å². The van der Waals surface area contributed by atoms with Gasteiger partial charge in [-0.25, -0.2) is 0 Å². The monoisotopic (exact) mass is 545 g/mol. The summed E-state index contributed by atoms with van der Waals surface area (Å²) in [4.78, 5) is 0. The Bertz CT molecular complexity index is 597. The Balaban J connectivity index is 2.62. The van der Waals surface area contributed by atoms with Crippen LogP contribution in [-0.2, 0) is 13.3 Å². The minimum absolute atomic E-state index is 0.110. The molecule has 2 aliphatic heterocycles. The smallest absolute Gasteiger partial charge is 0.187 e. The van der Waals surface area contributed by atoms with Gasteiger partial charge in [-0.3, -0.25) is 0 Å². The van der Waals surface area contributed by atoms with Crippen LogP contribution in [0.3, 0.4) is 0 Å². The molecule has 2 heterocycles. The van der Waals surface area contributed by atoms with Gasteiger partial charge in [-0.05, 0) is 90.1 Å². The molecule has 2 N–H and O–H groups in total. The molecule has 0 aromatic carbocycles. The van der Waals surface area contributed by atoms with Crippen LogP contribution in [0, 0.1) is 0 Å². The number of hydrogen-bond donors (Lipinski definition) is 1. The molecule has 0 saturated carbocycles. The predicted octanol–water partition coefficient (Wildman–Crippen LogP) is 7.96. The zero-order chi connectivity index (χ0) is 25.7. The molecule has 0 aliphatic carbocycles. The normalized spacial score (nSPS) is 37.2. The SMILES string of the molecule is CCC1O[Si](C)(C)CCC[Si]2(CCCN)CCC[Si](C)(C)OC(CC)C1(C)O[Si](C)(C)CCC2. The fourth-order valence-electron chi connectivity index (χ4n) is 6.98. The van der Waals surface area contributed by atoms with Crippen molar-refractivity contribution in [3.05, 3.63) is 0 Å². The van der Waals surface area contributed by atoms with Gasteiger partial charge in [-0.1, -0.05) is 57.3 Å². The van der Waals surface area contributed by atoms with Crippen molar-refractivity contribution < 1.29 is 13.3 Å². The van der Waals surface area contributed by atoms with Crippen molar-refractivity contribution in [3.8, 4) is 0 Å². The van der Waals surface area contributed by atoms with Crippen LogP contribution >= 0.6 is 0 Å². The van der Waals surface area contributed by atoms with E-state index in [0.717, 1.165) is 19.4 Å². The first kappa shape index (κ1) is 30.9. The first-order valence-electron chi connectivity index (χ1n) is 14.5. The highest BCUT2D eigenvalue weighted by Gasteiger charge is 2.50. The Morgan fingerprint density at radius 2 is 1.12 bits per heavy atom. The summed E-state index contributed by atoms with van der Waals surface area (Å²) in [5.41, 5.74) is 5.70. The molecule has 2 fully saturated rings. The van der Waals surface area contributed by atoms with Crippen LogP contribution in [0.1, 0.15) is 59.3 Å². The number of nitrogens with two attached hydrogens (primary N) is 1. The number of hydrogen-bond acceptors (Lipinski definition) is 4. The second kappa shape index (κ2) is 12.5. The molecular weight excluding hydrogens is 487 g/mol. The summed E-state index contributed by atoms with van der Waals surface area (Å²) in [5.74, 6) is 0. The average Bonchev–Trinajstić information content (AvgIpc) is 2.73. The summed E-state index contributed by atoms with van der Waals surface area (Å²) in [5, 5.41) is 0. The largest absolute Gasteiger partial charge is 0.411 e. The van der Waals surface area contributed by atoms with Gasteiger partial charge >= 0.3 is 0 Å². The van der Waals surface area contributed by atoms with Crippen molar-refractivity contribution in [2.24, 2.45) is 5.73 Å². The average molecular weight is 546 g/mol. The van der Waals surface area contributed by atoms with E-state index in [1.807, 2.05) is 0 Å². The Morgan fingerprint density at radius 3 is 1.50 bits per heavy atom. The van der Waals surface area contributed by atoms with Crippen molar-refractivity contribution in [2.45, 2.75) is 159 Å². The second-order valence-corrected chi connectivity index (χ2v) is 31.3. The summed E-state index contributed by atoms with van der Waals surface area (Å²) in [6, 6.07) is 9.66. The standard InChI is InChI=1S/C26H59NO3Si4/c1-10-24-26(3)25(11-2)29-32(6,7)18-14-22-34(20-12-16-27,21-13-17-31(4,5)28-24)23-15-19-33(8,9)30-26/h24-25H,10-23,27H2,1-9H3. The van der Waals surface area contributed by atoms with E-state index in [0.29, 0.717) is 0 Å². The van der Waals surface area contributed by atoms with Crippen LogP contribution in [0.15, 0.2) is 0 Å². The topological polar surface area (TPSA) is 53.7 Å². The molecule has 0 spiro atoms. The summed E-state index contributed by atoms with van der Waals surface area (Å²) in [6.07, 6.45) is 7.49. The number of fused-ring (bicyclic) bond motifs is 6. The molecule has 0 aromatic heterocycles. The highest BCUT2D eigenvalue weighted by molar-refractivity contribution is 6.80. The van der Waals surface area contributed by atoms with Crippen molar-refractivity contribution >= 4 is 33.0 Å². The van der Waals surface area contributed by atoms with Gasteiger partial charge in [-0.15, -0.1) is 0 Å². The maximum Gasteiger partial charge on any atom is 0.187 e. The lowest BCUT2D eigenvalue weighted by Gasteiger charge is -2.50. The molecule has 2 bridgehead atoms. The zero-order valence-electron chi connectivity index (χ0n) is 24.4. The molecule has 2 aliphatic rings.